The van der Waals surface area contributed by atoms with Gasteiger partial charge in [-0.3, -0.25) is 4.79 Å². The molecule has 1 amide bonds. The van der Waals surface area contributed by atoms with Gasteiger partial charge in [0.1, 0.15) is 5.82 Å². The van der Waals surface area contributed by atoms with Crippen LogP contribution >= 0.6 is 0 Å². The number of aromatic amines is 1. The highest BCUT2D eigenvalue weighted by Crippen LogP contribution is 2.10. The molecule has 0 unspecified atom stereocenters. The number of para-hydroxylation sites is 2. The minimum Gasteiger partial charge on any atom is -0.356 e. The smallest absolute Gasteiger partial charge is 0.220 e. The van der Waals surface area contributed by atoms with Gasteiger partial charge in [-0.1, -0.05) is 42.0 Å². The first-order valence-electron chi connectivity index (χ1n) is 7.96. The number of aryl methyl sites for hydroxylation is 2. The zero-order valence-electron chi connectivity index (χ0n) is 13.3. The van der Waals surface area contributed by atoms with E-state index in [1.54, 1.807) is 0 Å². The van der Waals surface area contributed by atoms with Crippen LogP contribution in [0.15, 0.2) is 48.5 Å². The van der Waals surface area contributed by atoms with Crippen LogP contribution in [0.1, 0.15) is 23.4 Å². The molecule has 0 aliphatic heterocycles. The molecule has 0 saturated heterocycles. The van der Waals surface area contributed by atoms with E-state index in [-0.39, 0.29) is 5.91 Å². The quantitative estimate of drug-likeness (QED) is 0.735. The zero-order valence-corrected chi connectivity index (χ0v) is 13.3. The lowest BCUT2D eigenvalue weighted by Crippen LogP contribution is -2.26. The summed E-state index contributed by atoms with van der Waals surface area (Å²) in [5.74, 6) is 0.993. The fourth-order valence-corrected chi connectivity index (χ4v) is 2.66. The number of amides is 1. The molecule has 2 N–H and O–H groups in total. The molecular formula is C19H21N3O. The lowest BCUT2D eigenvalue weighted by atomic mass is 10.1. The molecule has 0 fully saturated rings. The van der Waals surface area contributed by atoms with Crippen molar-refractivity contribution in [3.63, 3.8) is 0 Å². The number of carbonyl (C=O) groups is 1. The van der Waals surface area contributed by atoms with Crippen LogP contribution in [0.2, 0.25) is 0 Å². The van der Waals surface area contributed by atoms with Crippen molar-refractivity contribution < 1.29 is 4.79 Å². The Morgan fingerprint density at radius 3 is 2.83 bits per heavy atom. The van der Waals surface area contributed by atoms with Gasteiger partial charge in [-0.15, -0.1) is 0 Å². The second kappa shape index (κ2) is 7.09. The Labute approximate surface area is 136 Å². The van der Waals surface area contributed by atoms with Crippen molar-refractivity contribution in [2.45, 2.75) is 26.2 Å². The van der Waals surface area contributed by atoms with Gasteiger partial charge in [0.25, 0.3) is 0 Å². The first kappa shape index (κ1) is 15.3. The molecule has 4 nitrogen and oxygen atoms in total. The van der Waals surface area contributed by atoms with Crippen molar-refractivity contribution in [1.29, 1.82) is 0 Å². The van der Waals surface area contributed by atoms with Crippen molar-refractivity contribution in [1.82, 2.24) is 15.3 Å². The van der Waals surface area contributed by atoms with Gasteiger partial charge in [0.05, 0.1) is 11.0 Å². The van der Waals surface area contributed by atoms with Crippen molar-refractivity contribution >= 4 is 16.9 Å². The average Bonchev–Trinajstić information content (AvgIpc) is 2.96. The lowest BCUT2D eigenvalue weighted by molar-refractivity contribution is -0.121. The van der Waals surface area contributed by atoms with E-state index >= 15 is 0 Å². The summed E-state index contributed by atoms with van der Waals surface area (Å²) in [5, 5.41) is 2.96. The molecule has 0 aliphatic carbocycles. The van der Waals surface area contributed by atoms with Crippen LogP contribution < -0.4 is 5.32 Å². The standard InChI is InChI=1S/C19H21N3O/c1-14-5-4-6-15(13-14)9-10-19(23)20-12-11-18-21-16-7-2-3-8-17(16)22-18/h2-8,13H,9-12H2,1H3,(H,20,23)(H,21,22). The summed E-state index contributed by atoms with van der Waals surface area (Å²) < 4.78 is 0. The maximum absolute atomic E-state index is 11.9. The summed E-state index contributed by atoms with van der Waals surface area (Å²) in [6.07, 6.45) is 2.01. The second-order valence-electron chi connectivity index (χ2n) is 5.79. The molecule has 2 aromatic carbocycles. The number of hydrogen-bond donors (Lipinski definition) is 2. The molecular weight excluding hydrogens is 286 g/mol. The molecule has 0 saturated carbocycles. The Morgan fingerprint density at radius 1 is 1.13 bits per heavy atom. The monoisotopic (exact) mass is 307 g/mol. The van der Waals surface area contributed by atoms with E-state index in [1.807, 2.05) is 30.3 Å². The Hall–Kier alpha value is -2.62. The van der Waals surface area contributed by atoms with Gasteiger partial charge in [-0.25, -0.2) is 4.98 Å². The van der Waals surface area contributed by atoms with Crippen molar-refractivity contribution in [3.8, 4) is 0 Å². The van der Waals surface area contributed by atoms with Crippen LogP contribution in [0.25, 0.3) is 11.0 Å². The summed E-state index contributed by atoms with van der Waals surface area (Å²) in [6, 6.07) is 16.2. The van der Waals surface area contributed by atoms with Crippen LogP contribution in [0.5, 0.6) is 0 Å². The number of carbonyl (C=O) groups excluding carboxylic acids is 1. The molecule has 0 bridgehead atoms. The van der Waals surface area contributed by atoms with Crippen LogP contribution in [-0.4, -0.2) is 22.4 Å². The van der Waals surface area contributed by atoms with Gasteiger partial charge < -0.3 is 10.3 Å². The van der Waals surface area contributed by atoms with E-state index in [1.165, 1.54) is 11.1 Å². The largest absolute Gasteiger partial charge is 0.356 e. The summed E-state index contributed by atoms with van der Waals surface area (Å²) in [6.45, 7) is 2.67. The molecule has 0 radical (unpaired) electrons. The highest BCUT2D eigenvalue weighted by atomic mass is 16.1. The summed E-state index contributed by atoms with van der Waals surface area (Å²) in [5.41, 5.74) is 4.44. The van der Waals surface area contributed by atoms with E-state index in [4.69, 9.17) is 0 Å². The number of aromatic nitrogens is 2. The van der Waals surface area contributed by atoms with Gasteiger partial charge in [0.15, 0.2) is 0 Å². The fraction of sp³-hybridized carbons (Fsp3) is 0.263. The molecule has 1 aromatic heterocycles. The topological polar surface area (TPSA) is 57.8 Å². The Kier molecular flexibility index (Phi) is 4.71. The molecule has 0 spiro atoms. The molecule has 3 rings (SSSR count). The van der Waals surface area contributed by atoms with Crippen LogP contribution in [0.4, 0.5) is 0 Å². The number of imidazole rings is 1. The van der Waals surface area contributed by atoms with E-state index < -0.39 is 0 Å². The number of H-pyrrole nitrogens is 1. The third-order valence-electron chi connectivity index (χ3n) is 3.85. The Bertz CT molecular complexity index is 774. The summed E-state index contributed by atoms with van der Waals surface area (Å²) in [7, 11) is 0. The minimum absolute atomic E-state index is 0.0858. The predicted octanol–water partition coefficient (Wildman–Crippen LogP) is 3.16. The SMILES string of the molecule is Cc1cccc(CCC(=O)NCCc2nc3ccccc3[nH]2)c1. The highest BCUT2D eigenvalue weighted by molar-refractivity contribution is 5.76. The normalized spacial score (nSPS) is 10.8. The molecule has 0 aliphatic rings. The predicted molar refractivity (Wildman–Crippen MR) is 92.3 cm³/mol. The van der Waals surface area contributed by atoms with Gasteiger partial charge >= 0.3 is 0 Å². The molecule has 3 aromatic rings. The molecule has 118 valence electrons. The molecule has 23 heavy (non-hydrogen) atoms. The van der Waals surface area contributed by atoms with Crippen molar-refractivity contribution in [2.24, 2.45) is 0 Å². The van der Waals surface area contributed by atoms with Gasteiger partial charge in [-0.2, -0.15) is 0 Å². The number of rotatable bonds is 6. The summed E-state index contributed by atoms with van der Waals surface area (Å²) >= 11 is 0. The molecule has 0 atom stereocenters. The third-order valence-corrected chi connectivity index (χ3v) is 3.85. The van der Waals surface area contributed by atoms with Gasteiger partial charge in [0.2, 0.25) is 5.91 Å². The molecule has 4 heteroatoms. The highest BCUT2D eigenvalue weighted by Gasteiger charge is 2.05. The number of nitrogens with zero attached hydrogens (tertiary/aromatic N) is 1. The maximum atomic E-state index is 11.9. The van der Waals surface area contributed by atoms with Gasteiger partial charge in [-0.05, 0) is 31.0 Å². The van der Waals surface area contributed by atoms with Crippen LogP contribution in [0, 0.1) is 6.92 Å². The van der Waals surface area contributed by atoms with Gasteiger partial charge in [0, 0.05) is 19.4 Å². The van der Waals surface area contributed by atoms with Crippen molar-refractivity contribution in [2.75, 3.05) is 6.54 Å². The molecule has 1 heterocycles. The number of hydrogen-bond acceptors (Lipinski definition) is 2. The van der Waals surface area contributed by atoms with Crippen LogP contribution in [-0.2, 0) is 17.6 Å². The van der Waals surface area contributed by atoms with Crippen molar-refractivity contribution in [3.05, 3.63) is 65.5 Å². The van der Waals surface area contributed by atoms with E-state index in [0.29, 0.717) is 19.4 Å². The van der Waals surface area contributed by atoms with E-state index in [0.717, 1.165) is 23.3 Å². The van der Waals surface area contributed by atoms with E-state index in [2.05, 4.69) is 40.4 Å². The van der Waals surface area contributed by atoms with E-state index in [9.17, 15) is 4.79 Å². The minimum atomic E-state index is 0.0858. The Morgan fingerprint density at radius 2 is 2.00 bits per heavy atom. The first-order chi connectivity index (χ1) is 11.2. The Balaban J connectivity index is 1.44. The third kappa shape index (κ3) is 4.19. The summed E-state index contributed by atoms with van der Waals surface area (Å²) in [4.78, 5) is 19.7. The van der Waals surface area contributed by atoms with Crippen LogP contribution in [0.3, 0.4) is 0 Å². The fourth-order valence-electron chi connectivity index (χ4n) is 2.66. The maximum Gasteiger partial charge on any atom is 0.220 e. The second-order valence-corrected chi connectivity index (χ2v) is 5.79. The number of nitrogens with one attached hydrogen (secondary N) is 2. The average molecular weight is 307 g/mol. The number of benzene rings is 2. The lowest BCUT2D eigenvalue weighted by Gasteiger charge is -2.05. The zero-order chi connectivity index (χ0) is 16.1. The first-order valence-corrected chi connectivity index (χ1v) is 7.96. The number of fused-ring (bicyclic) bond motifs is 1.